The number of hydrogen-bond donors (Lipinski definition) is 2. The molecule has 9 heteroatoms. The van der Waals surface area contributed by atoms with Crippen molar-refractivity contribution in [3.8, 4) is 16.9 Å². The number of carbonyl (C=O) groups is 2. The van der Waals surface area contributed by atoms with E-state index in [1.54, 1.807) is 35.4 Å². The van der Waals surface area contributed by atoms with Gasteiger partial charge in [0.05, 0.1) is 19.8 Å². The van der Waals surface area contributed by atoms with Gasteiger partial charge in [0.25, 0.3) is 5.91 Å². The predicted octanol–water partition coefficient (Wildman–Crippen LogP) is 4.06. The van der Waals surface area contributed by atoms with Gasteiger partial charge in [0.2, 0.25) is 5.91 Å². The smallest absolute Gasteiger partial charge is 0.254 e. The highest BCUT2D eigenvalue weighted by Crippen LogP contribution is 2.33. The van der Waals surface area contributed by atoms with Gasteiger partial charge < -0.3 is 25.4 Å². The number of nitrogen functional groups attached to an aromatic ring is 1. The standard InChI is InChI=1S/C28H29ClN4O4/c29-23-8-9-25(37-15-1-12-31-27(34)11-3-20-2-10-26(30)32-19-20)24(18-23)21-4-6-22(7-5-21)28(35)33-13-16-36-17-14-33/h2-11,18-19H,1,12-17H2,(H2,30,32)(H,31,34)/b11-3+. The molecule has 1 fully saturated rings. The van der Waals surface area contributed by atoms with E-state index in [9.17, 15) is 9.59 Å². The lowest BCUT2D eigenvalue weighted by molar-refractivity contribution is -0.116. The highest BCUT2D eigenvalue weighted by molar-refractivity contribution is 6.31. The summed E-state index contributed by atoms with van der Waals surface area (Å²) in [6.45, 7) is 3.20. The first-order chi connectivity index (χ1) is 18.0. The first-order valence-electron chi connectivity index (χ1n) is 12.1. The van der Waals surface area contributed by atoms with Crippen molar-refractivity contribution >= 4 is 35.3 Å². The summed E-state index contributed by atoms with van der Waals surface area (Å²) in [5.41, 5.74) is 8.72. The molecule has 1 aliphatic rings. The van der Waals surface area contributed by atoms with Gasteiger partial charge in [-0.05, 0) is 66.1 Å². The number of benzene rings is 2. The van der Waals surface area contributed by atoms with Crippen LogP contribution in [0.4, 0.5) is 5.82 Å². The number of hydrogen-bond acceptors (Lipinski definition) is 6. The summed E-state index contributed by atoms with van der Waals surface area (Å²) >= 11 is 6.26. The lowest BCUT2D eigenvalue weighted by Crippen LogP contribution is -2.40. The Labute approximate surface area is 221 Å². The van der Waals surface area contributed by atoms with Crippen molar-refractivity contribution in [1.82, 2.24) is 15.2 Å². The zero-order valence-corrected chi connectivity index (χ0v) is 21.1. The molecule has 4 rings (SSSR count). The molecule has 0 bridgehead atoms. The Morgan fingerprint density at radius 1 is 1.11 bits per heavy atom. The van der Waals surface area contributed by atoms with Crippen molar-refractivity contribution in [1.29, 1.82) is 0 Å². The number of morpholine rings is 1. The second kappa shape index (κ2) is 12.9. The Kier molecular flexibility index (Phi) is 9.13. The van der Waals surface area contributed by atoms with E-state index >= 15 is 0 Å². The maximum absolute atomic E-state index is 12.7. The van der Waals surface area contributed by atoms with Gasteiger partial charge in [-0.15, -0.1) is 0 Å². The molecule has 2 aromatic carbocycles. The molecule has 1 aromatic heterocycles. The molecule has 3 aromatic rings. The topological polar surface area (TPSA) is 107 Å². The van der Waals surface area contributed by atoms with Gasteiger partial charge in [0, 0.05) is 48.1 Å². The molecule has 1 aliphatic heterocycles. The number of pyridine rings is 1. The fourth-order valence-electron chi connectivity index (χ4n) is 3.81. The third-order valence-corrected chi connectivity index (χ3v) is 6.03. The molecule has 0 saturated carbocycles. The van der Waals surface area contributed by atoms with Crippen LogP contribution in [0.2, 0.25) is 5.02 Å². The minimum absolute atomic E-state index is 0.000517. The number of aromatic nitrogens is 1. The number of amides is 2. The first-order valence-corrected chi connectivity index (χ1v) is 12.4. The van der Waals surface area contributed by atoms with E-state index in [4.69, 9.17) is 26.8 Å². The van der Waals surface area contributed by atoms with Gasteiger partial charge in [0.15, 0.2) is 0 Å². The Bertz CT molecular complexity index is 1240. The maximum Gasteiger partial charge on any atom is 0.254 e. The molecule has 0 atom stereocenters. The number of nitrogens with one attached hydrogen (secondary N) is 1. The largest absolute Gasteiger partial charge is 0.493 e. The van der Waals surface area contributed by atoms with Gasteiger partial charge in [0.1, 0.15) is 11.6 Å². The van der Waals surface area contributed by atoms with Gasteiger partial charge in [-0.1, -0.05) is 23.7 Å². The maximum atomic E-state index is 12.7. The summed E-state index contributed by atoms with van der Waals surface area (Å²) in [7, 11) is 0. The molecular weight excluding hydrogens is 492 g/mol. The van der Waals surface area contributed by atoms with E-state index in [-0.39, 0.29) is 11.8 Å². The molecule has 2 amide bonds. The number of nitrogens with zero attached hydrogens (tertiary/aromatic N) is 2. The van der Waals surface area contributed by atoms with Crippen LogP contribution in [-0.4, -0.2) is 61.2 Å². The van der Waals surface area contributed by atoms with E-state index in [2.05, 4.69) is 10.3 Å². The number of carbonyl (C=O) groups excluding carboxylic acids is 2. The minimum Gasteiger partial charge on any atom is -0.493 e. The molecule has 0 spiro atoms. The Morgan fingerprint density at radius 3 is 2.62 bits per heavy atom. The van der Waals surface area contributed by atoms with Crippen LogP contribution in [0.25, 0.3) is 17.2 Å². The molecule has 37 heavy (non-hydrogen) atoms. The van der Waals surface area contributed by atoms with Crippen LogP contribution in [0.3, 0.4) is 0 Å². The third-order valence-electron chi connectivity index (χ3n) is 5.80. The Hall–Kier alpha value is -3.88. The summed E-state index contributed by atoms with van der Waals surface area (Å²) < 4.78 is 11.3. The van der Waals surface area contributed by atoms with Crippen molar-refractivity contribution in [3.63, 3.8) is 0 Å². The average molecular weight is 521 g/mol. The molecule has 0 unspecified atom stereocenters. The second-order valence-corrected chi connectivity index (χ2v) is 8.90. The molecule has 192 valence electrons. The van der Waals surface area contributed by atoms with Crippen LogP contribution in [0.5, 0.6) is 5.75 Å². The van der Waals surface area contributed by atoms with Crippen LogP contribution in [-0.2, 0) is 9.53 Å². The van der Waals surface area contributed by atoms with Crippen molar-refractivity contribution in [2.24, 2.45) is 0 Å². The lowest BCUT2D eigenvalue weighted by atomic mass is 10.0. The number of nitrogens with two attached hydrogens (primary N) is 1. The van der Waals surface area contributed by atoms with E-state index in [1.807, 2.05) is 36.4 Å². The Balaban J connectivity index is 1.29. The van der Waals surface area contributed by atoms with Crippen LogP contribution in [0, 0.1) is 0 Å². The average Bonchev–Trinajstić information content (AvgIpc) is 2.93. The van der Waals surface area contributed by atoms with E-state index in [0.29, 0.717) is 68.0 Å². The zero-order valence-electron chi connectivity index (χ0n) is 20.4. The molecule has 2 heterocycles. The molecule has 1 saturated heterocycles. The van der Waals surface area contributed by atoms with Gasteiger partial charge in [-0.25, -0.2) is 4.98 Å². The van der Waals surface area contributed by atoms with Crippen molar-refractivity contribution < 1.29 is 19.1 Å². The summed E-state index contributed by atoms with van der Waals surface area (Å²) in [5.74, 6) is 0.912. The normalized spacial score (nSPS) is 13.5. The van der Waals surface area contributed by atoms with E-state index < -0.39 is 0 Å². The molecule has 0 aliphatic carbocycles. The minimum atomic E-state index is -0.198. The van der Waals surface area contributed by atoms with Crippen molar-refractivity contribution in [2.45, 2.75) is 6.42 Å². The quantitative estimate of drug-likeness (QED) is 0.325. The predicted molar refractivity (Wildman–Crippen MR) is 144 cm³/mol. The summed E-state index contributed by atoms with van der Waals surface area (Å²) in [5, 5.41) is 3.42. The molecule has 0 radical (unpaired) electrons. The highest BCUT2D eigenvalue weighted by Gasteiger charge is 2.18. The summed E-state index contributed by atoms with van der Waals surface area (Å²) in [6.07, 6.45) is 5.36. The SMILES string of the molecule is Nc1ccc(/C=C/C(=O)NCCCOc2ccc(Cl)cc2-c2ccc(C(=O)N3CCOCC3)cc2)cn1. The molecule has 3 N–H and O–H groups in total. The van der Waals surface area contributed by atoms with Crippen molar-refractivity contribution in [3.05, 3.63) is 83.0 Å². The van der Waals surface area contributed by atoms with Crippen LogP contribution >= 0.6 is 11.6 Å². The summed E-state index contributed by atoms with van der Waals surface area (Å²) in [4.78, 5) is 30.6. The number of halogens is 1. The third kappa shape index (κ3) is 7.55. The van der Waals surface area contributed by atoms with E-state index in [0.717, 1.165) is 16.7 Å². The monoisotopic (exact) mass is 520 g/mol. The fourth-order valence-corrected chi connectivity index (χ4v) is 3.98. The van der Waals surface area contributed by atoms with Crippen LogP contribution < -0.4 is 15.8 Å². The first kappa shape index (κ1) is 26.2. The number of anilines is 1. The highest BCUT2D eigenvalue weighted by atomic mass is 35.5. The van der Waals surface area contributed by atoms with Crippen LogP contribution in [0.1, 0.15) is 22.3 Å². The second-order valence-electron chi connectivity index (χ2n) is 8.47. The lowest BCUT2D eigenvalue weighted by Gasteiger charge is -2.26. The van der Waals surface area contributed by atoms with E-state index in [1.165, 1.54) is 6.08 Å². The zero-order chi connectivity index (χ0) is 26.0. The van der Waals surface area contributed by atoms with Gasteiger partial charge in [-0.3, -0.25) is 9.59 Å². The van der Waals surface area contributed by atoms with Crippen LogP contribution in [0.15, 0.2) is 66.9 Å². The van der Waals surface area contributed by atoms with Gasteiger partial charge >= 0.3 is 0 Å². The molecule has 8 nitrogen and oxygen atoms in total. The number of ether oxygens (including phenoxy) is 2. The fraction of sp³-hybridized carbons (Fsp3) is 0.250. The van der Waals surface area contributed by atoms with Gasteiger partial charge in [-0.2, -0.15) is 0 Å². The Morgan fingerprint density at radius 2 is 1.89 bits per heavy atom. The number of rotatable bonds is 9. The van der Waals surface area contributed by atoms with Crippen molar-refractivity contribution in [2.75, 3.05) is 45.2 Å². The molecular formula is C28H29ClN4O4. The summed E-state index contributed by atoms with van der Waals surface area (Å²) in [6, 6.07) is 16.3.